The Morgan fingerprint density at radius 3 is 3.00 bits per heavy atom. The van der Waals surface area contributed by atoms with Gasteiger partial charge in [-0.05, 0) is 6.07 Å². The second-order valence-corrected chi connectivity index (χ2v) is 2.10. The summed E-state index contributed by atoms with van der Waals surface area (Å²) >= 11 is 0. The van der Waals surface area contributed by atoms with E-state index < -0.39 is 0 Å². The maximum Gasteiger partial charge on any atom is 0.134 e. The van der Waals surface area contributed by atoms with E-state index in [9.17, 15) is 0 Å². The van der Waals surface area contributed by atoms with E-state index in [1.54, 1.807) is 19.3 Å². The second-order valence-electron chi connectivity index (χ2n) is 2.10. The summed E-state index contributed by atoms with van der Waals surface area (Å²) in [6, 6.07) is 1.70. The van der Waals surface area contributed by atoms with E-state index in [4.69, 9.17) is 11.1 Å². The van der Waals surface area contributed by atoms with E-state index in [0.29, 0.717) is 17.1 Å². The lowest BCUT2D eigenvalue weighted by atomic mass is 10.2. The van der Waals surface area contributed by atoms with Crippen molar-refractivity contribution in [3.8, 4) is 0 Å². The number of nitrogens with zero attached hydrogens (tertiary/aromatic N) is 1. The number of hydrogen-bond acceptors (Lipinski definition) is 4. The van der Waals surface area contributed by atoms with Crippen LogP contribution in [0.5, 0.6) is 0 Å². The van der Waals surface area contributed by atoms with Gasteiger partial charge in [0.1, 0.15) is 5.82 Å². The molecule has 11 heavy (non-hydrogen) atoms. The van der Waals surface area contributed by atoms with Crippen LogP contribution in [0.15, 0.2) is 12.3 Å². The van der Waals surface area contributed by atoms with Gasteiger partial charge >= 0.3 is 0 Å². The summed E-state index contributed by atoms with van der Waals surface area (Å²) in [4.78, 5) is 3.98. The SMILES string of the molecule is CNc1ncc(N)cc1C=N. The standard InChI is InChI=1S/C7H10N4/c1-10-7-5(3-8)2-6(9)4-11-7/h2-4,8H,9H2,1H3,(H,10,11). The highest BCUT2D eigenvalue weighted by atomic mass is 15.0. The normalized spacial score (nSPS) is 9.18. The Morgan fingerprint density at radius 1 is 1.73 bits per heavy atom. The number of nitrogens with two attached hydrogens (primary N) is 1. The molecule has 4 nitrogen and oxygen atoms in total. The number of nitrogens with one attached hydrogen (secondary N) is 2. The molecule has 0 spiro atoms. The van der Waals surface area contributed by atoms with Gasteiger partial charge in [0.2, 0.25) is 0 Å². The third-order valence-corrected chi connectivity index (χ3v) is 1.33. The van der Waals surface area contributed by atoms with E-state index in [1.807, 2.05) is 0 Å². The van der Waals surface area contributed by atoms with Gasteiger partial charge in [-0.3, -0.25) is 0 Å². The minimum Gasteiger partial charge on any atom is -0.397 e. The van der Waals surface area contributed by atoms with Gasteiger partial charge in [-0.2, -0.15) is 0 Å². The third-order valence-electron chi connectivity index (χ3n) is 1.33. The molecule has 1 aromatic rings. The van der Waals surface area contributed by atoms with E-state index in [-0.39, 0.29) is 0 Å². The quantitative estimate of drug-likeness (QED) is 0.543. The number of aromatic nitrogens is 1. The number of hydrogen-bond donors (Lipinski definition) is 3. The second kappa shape index (κ2) is 3.01. The first-order valence-electron chi connectivity index (χ1n) is 3.21. The van der Waals surface area contributed by atoms with Crippen molar-refractivity contribution < 1.29 is 0 Å². The molecule has 1 rings (SSSR count). The van der Waals surface area contributed by atoms with E-state index >= 15 is 0 Å². The predicted octanol–water partition coefficient (Wildman–Crippen LogP) is 0.703. The van der Waals surface area contributed by atoms with Crippen LogP contribution in [0.1, 0.15) is 5.56 Å². The van der Waals surface area contributed by atoms with Crippen molar-refractivity contribution >= 4 is 17.7 Å². The third kappa shape index (κ3) is 1.46. The van der Waals surface area contributed by atoms with Gasteiger partial charge in [-0.25, -0.2) is 4.98 Å². The van der Waals surface area contributed by atoms with Crippen LogP contribution in [0.3, 0.4) is 0 Å². The number of nitrogen functional groups attached to an aromatic ring is 1. The molecule has 0 unspecified atom stereocenters. The van der Waals surface area contributed by atoms with Crippen LogP contribution < -0.4 is 11.1 Å². The molecule has 0 aromatic carbocycles. The predicted molar refractivity (Wildman–Crippen MR) is 46.1 cm³/mol. The maximum absolute atomic E-state index is 7.02. The minimum absolute atomic E-state index is 0.572. The summed E-state index contributed by atoms with van der Waals surface area (Å²) < 4.78 is 0. The zero-order valence-electron chi connectivity index (χ0n) is 6.26. The maximum atomic E-state index is 7.02. The van der Waals surface area contributed by atoms with Gasteiger partial charge in [0.05, 0.1) is 11.9 Å². The van der Waals surface area contributed by atoms with E-state index in [1.165, 1.54) is 6.21 Å². The molecule has 0 amide bonds. The highest BCUT2D eigenvalue weighted by Gasteiger charge is 1.98. The van der Waals surface area contributed by atoms with Crippen molar-refractivity contribution in [1.82, 2.24) is 4.98 Å². The van der Waals surface area contributed by atoms with Gasteiger partial charge in [-0.1, -0.05) is 0 Å². The van der Waals surface area contributed by atoms with Crippen LogP contribution in [0.2, 0.25) is 0 Å². The first-order chi connectivity index (χ1) is 5.27. The molecular formula is C7H10N4. The van der Waals surface area contributed by atoms with Gasteiger partial charge in [0.25, 0.3) is 0 Å². The van der Waals surface area contributed by atoms with Gasteiger partial charge in [0.15, 0.2) is 0 Å². The largest absolute Gasteiger partial charge is 0.397 e. The molecule has 4 N–H and O–H groups in total. The first-order valence-corrected chi connectivity index (χ1v) is 3.21. The molecule has 0 radical (unpaired) electrons. The average molecular weight is 150 g/mol. The lowest BCUT2D eigenvalue weighted by molar-refractivity contribution is 1.28. The zero-order valence-corrected chi connectivity index (χ0v) is 6.26. The van der Waals surface area contributed by atoms with Crippen molar-refractivity contribution in [3.05, 3.63) is 17.8 Å². The summed E-state index contributed by atoms with van der Waals surface area (Å²) in [5.74, 6) is 0.675. The fourth-order valence-corrected chi connectivity index (χ4v) is 0.818. The van der Waals surface area contributed by atoms with E-state index in [0.717, 1.165) is 0 Å². The average Bonchev–Trinajstić information content (AvgIpc) is 2.04. The van der Waals surface area contributed by atoms with Crippen molar-refractivity contribution in [2.45, 2.75) is 0 Å². The molecule has 0 fully saturated rings. The Labute approximate surface area is 65.0 Å². The molecule has 0 aliphatic carbocycles. The van der Waals surface area contributed by atoms with Crippen molar-refractivity contribution in [1.29, 1.82) is 5.41 Å². The minimum atomic E-state index is 0.572. The highest BCUT2D eigenvalue weighted by molar-refractivity contribution is 5.85. The lowest BCUT2D eigenvalue weighted by Crippen LogP contribution is -1.99. The van der Waals surface area contributed by atoms with E-state index in [2.05, 4.69) is 10.3 Å². The van der Waals surface area contributed by atoms with Crippen LogP contribution >= 0.6 is 0 Å². The Morgan fingerprint density at radius 2 is 2.45 bits per heavy atom. The molecular weight excluding hydrogens is 140 g/mol. The molecule has 58 valence electrons. The van der Waals surface area contributed by atoms with Crippen molar-refractivity contribution in [2.24, 2.45) is 0 Å². The summed E-state index contributed by atoms with van der Waals surface area (Å²) in [5.41, 5.74) is 6.74. The van der Waals surface area contributed by atoms with Crippen molar-refractivity contribution in [3.63, 3.8) is 0 Å². The van der Waals surface area contributed by atoms with Gasteiger partial charge in [-0.15, -0.1) is 0 Å². The molecule has 4 heteroatoms. The fourth-order valence-electron chi connectivity index (χ4n) is 0.818. The fraction of sp³-hybridized carbons (Fsp3) is 0.143. The molecule has 0 aliphatic rings. The van der Waals surface area contributed by atoms with Crippen molar-refractivity contribution in [2.75, 3.05) is 18.1 Å². The Hall–Kier alpha value is -1.58. The zero-order chi connectivity index (χ0) is 8.27. The molecule has 0 saturated heterocycles. The van der Waals surface area contributed by atoms with Gasteiger partial charge in [0, 0.05) is 18.8 Å². The Bertz CT molecular complexity index is 269. The molecule has 0 saturated carbocycles. The number of rotatable bonds is 2. The summed E-state index contributed by atoms with van der Waals surface area (Å²) in [6.07, 6.45) is 2.77. The van der Waals surface area contributed by atoms with Crippen LogP contribution in [0.4, 0.5) is 11.5 Å². The first kappa shape index (κ1) is 7.53. The number of pyridine rings is 1. The molecule has 0 aliphatic heterocycles. The Balaban J connectivity index is 3.16. The monoisotopic (exact) mass is 150 g/mol. The Kier molecular flexibility index (Phi) is 2.06. The summed E-state index contributed by atoms with van der Waals surface area (Å²) in [5, 5.41) is 9.88. The van der Waals surface area contributed by atoms with Crippen LogP contribution in [0.25, 0.3) is 0 Å². The highest BCUT2D eigenvalue weighted by Crippen LogP contribution is 2.11. The summed E-state index contributed by atoms with van der Waals surface area (Å²) in [7, 11) is 1.76. The van der Waals surface area contributed by atoms with Gasteiger partial charge < -0.3 is 16.5 Å². The van der Waals surface area contributed by atoms with Crippen LogP contribution in [0, 0.1) is 5.41 Å². The molecule has 0 atom stereocenters. The summed E-state index contributed by atoms with van der Waals surface area (Å²) in [6.45, 7) is 0. The number of anilines is 2. The smallest absolute Gasteiger partial charge is 0.134 e. The molecule has 1 aromatic heterocycles. The topological polar surface area (TPSA) is 74.8 Å². The van der Waals surface area contributed by atoms with Crippen LogP contribution in [-0.4, -0.2) is 18.2 Å². The molecule has 0 bridgehead atoms. The molecule has 1 heterocycles. The lowest BCUT2D eigenvalue weighted by Gasteiger charge is -2.02. The van der Waals surface area contributed by atoms with Crippen LogP contribution in [-0.2, 0) is 0 Å².